The molecule has 1 rings (SSSR count). The predicted octanol–water partition coefficient (Wildman–Crippen LogP) is 0.818. The Morgan fingerprint density at radius 3 is 2.95 bits per heavy atom. The molecule has 0 atom stereocenters. The monoisotopic (exact) mass is 303 g/mol. The number of rotatable bonds is 13. The molecule has 0 fully saturated rings. The van der Waals surface area contributed by atoms with Crippen molar-refractivity contribution in [3.05, 3.63) is 0 Å². The fourth-order valence-electron chi connectivity index (χ4n) is 1.46. The zero-order valence-electron chi connectivity index (χ0n) is 12.4. The van der Waals surface area contributed by atoms with Crippen LogP contribution in [0.2, 0.25) is 0 Å². The number of hydrogen-bond donors (Lipinski definition) is 1. The van der Waals surface area contributed by atoms with Crippen LogP contribution >= 0.6 is 11.8 Å². The maximum atomic E-state index is 5.51. The first kappa shape index (κ1) is 17.4. The van der Waals surface area contributed by atoms with Gasteiger partial charge in [-0.25, -0.2) is 4.68 Å². The number of nitrogens with zero attached hydrogens (tertiary/aromatic N) is 4. The number of hydrogen-bond acceptors (Lipinski definition) is 7. The number of nitrogens with one attached hydrogen (secondary N) is 1. The number of methoxy groups -OCH3 is 1. The molecule has 1 heterocycles. The Balaban J connectivity index is 2.11. The van der Waals surface area contributed by atoms with Crippen LogP contribution in [0, 0.1) is 0 Å². The van der Waals surface area contributed by atoms with Crippen LogP contribution in [-0.4, -0.2) is 66.0 Å². The number of thioether (sulfide) groups is 1. The Labute approximate surface area is 124 Å². The van der Waals surface area contributed by atoms with Gasteiger partial charge in [0.1, 0.15) is 0 Å². The van der Waals surface area contributed by atoms with Crippen LogP contribution in [0.25, 0.3) is 0 Å². The van der Waals surface area contributed by atoms with E-state index in [2.05, 4.69) is 27.8 Å². The highest BCUT2D eigenvalue weighted by Gasteiger charge is 2.05. The van der Waals surface area contributed by atoms with Crippen LogP contribution in [0.4, 0.5) is 0 Å². The van der Waals surface area contributed by atoms with Crippen molar-refractivity contribution in [2.45, 2.75) is 31.5 Å². The lowest BCUT2D eigenvalue weighted by Crippen LogP contribution is -2.24. The van der Waals surface area contributed by atoms with Gasteiger partial charge in [-0.15, -0.1) is 5.10 Å². The van der Waals surface area contributed by atoms with Crippen molar-refractivity contribution in [2.75, 3.05) is 45.8 Å². The summed E-state index contributed by atoms with van der Waals surface area (Å²) in [4.78, 5) is 0. The fraction of sp³-hybridized carbons (Fsp3) is 0.917. The van der Waals surface area contributed by atoms with E-state index in [1.807, 2.05) is 4.68 Å². The van der Waals surface area contributed by atoms with Crippen LogP contribution in [0.1, 0.15) is 19.8 Å². The maximum absolute atomic E-state index is 5.51. The van der Waals surface area contributed by atoms with E-state index in [0.717, 1.165) is 50.2 Å². The molecule has 20 heavy (non-hydrogen) atoms. The summed E-state index contributed by atoms with van der Waals surface area (Å²) in [5, 5.41) is 15.8. The van der Waals surface area contributed by atoms with Crippen molar-refractivity contribution in [3.63, 3.8) is 0 Å². The number of tetrazole rings is 1. The van der Waals surface area contributed by atoms with E-state index in [9.17, 15) is 0 Å². The van der Waals surface area contributed by atoms with Gasteiger partial charge in [0.05, 0.1) is 19.8 Å². The summed E-state index contributed by atoms with van der Waals surface area (Å²) < 4.78 is 12.3. The van der Waals surface area contributed by atoms with Crippen LogP contribution in [0.15, 0.2) is 5.16 Å². The molecule has 1 aromatic heterocycles. The second-order valence-corrected chi connectivity index (χ2v) is 5.30. The Kier molecular flexibility index (Phi) is 10.5. The van der Waals surface area contributed by atoms with Crippen molar-refractivity contribution in [2.24, 2.45) is 0 Å². The fourth-order valence-corrected chi connectivity index (χ4v) is 2.22. The predicted molar refractivity (Wildman–Crippen MR) is 79.0 cm³/mol. The minimum Gasteiger partial charge on any atom is -0.383 e. The average Bonchev–Trinajstić information content (AvgIpc) is 2.90. The van der Waals surface area contributed by atoms with Gasteiger partial charge in [-0.05, 0) is 16.8 Å². The summed E-state index contributed by atoms with van der Waals surface area (Å²) in [6, 6.07) is 0. The van der Waals surface area contributed by atoms with Gasteiger partial charge < -0.3 is 14.8 Å². The number of unbranched alkanes of at least 4 members (excludes halogenated alkanes) is 1. The SMILES string of the molecule is CCCCOCCSc1nnnn1CCNCCOC. The molecule has 1 N–H and O–H groups in total. The third-order valence-corrected chi connectivity index (χ3v) is 3.50. The minimum atomic E-state index is 0.715. The lowest BCUT2D eigenvalue weighted by Gasteiger charge is -2.06. The lowest BCUT2D eigenvalue weighted by molar-refractivity contribution is 0.147. The molecule has 0 aromatic carbocycles. The number of ether oxygens (including phenoxy) is 2. The lowest BCUT2D eigenvalue weighted by atomic mass is 10.4. The zero-order valence-corrected chi connectivity index (χ0v) is 13.2. The van der Waals surface area contributed by atoms with Gasteiger partial charge in [0.25, 0.3) is 0 Å². The highest BCUT2D eigenvalue weighted by atomic mass is 32.2. The van der Waals surface area contributed by atoms with Gasteiger partial charge in [0.2, 0.25) is 5.16 Å². The largest absolute Gasteiger partial charge is 0.383 e. The molecule has 0 saturated carbocycles. The Morgan fingerprint density at radius 2 is 2.15 bits per heavy atom. The normalized spacial score (nSPS) is 11.1. The minimum absolute atomic E-state index is 0.715. The summed E-state index contributed by atoms with van der Waals surface area (Å²) in [5.74, 6) is 0.876. The molecule has 0 aliphatic rings. The molecule has 0 radical (unpaired) electrons. The summed E-state index contributed by atoms with van der Waals surface area (Å²) in [7, 11) is 1.69. The molecule has 7 nitrogen and oxygen atoms in total. The molecule has 0 aliphatic heterocycles. The van der Waals surface area contributed by atoms with E-state index in [1.54, 1.807) is 18.9 Å². The van der Waals surface area contributed by atoms with E-state index in [0.29, 0.717) is 6.61 Å². The molecule has 0 spiro atoms. The standard InChI is InChI=1S/C12H25N5O2S/c1-3-4-8-19-10-11-20-12-14-15-16-17(12)7-5-13-6-9-18-2/h13H,3-11H2,1-2H3. The molecule has 8 heteroatoms. The molecule has 0 amide bonds. The van der Waals surface area contributed by atoms with E-state index in [1.165, 1.54) is 6.42 Å². The van der Waals surface area contributed by atoms with Crippen molar-refractivity contribution in [1.29, 1.82) is 0 Å². The van der Waals surface area contributed by atoms with Crippen molar-refractivity contribution in [1.82, 2.24) is 25.5 Å². The third-order valence-electron chi connectivity index (χ3n) is 2.58. The summed E-state index contributed by atoms with van der Waals surface area (Å²) in [6.45, 7) is 6.88. The van der Waals surface area contributed by atoms with E-state index < -0.39 is 0 Å². The van der Waals surface area contributed by atoms with Crippen LogP contribution < -0.4 is 5.32 Å². The second-order valence-electron chi connectivity index (χ2n) is 4.24. The second kappa shape index (κ2) is 12.1. The zero-order chi connectivity index (χ0) is 14.5. The molecular formula is C12H25N5O2S. The van der Waals surface area contributed by atoms with Gasteiger partial charge in [-0.2, -0.15) is 0 Å². The molecule has 0 saturated heterocycles. The summed E-state index contributed by atoms with van der Waals surface area (Å²) in [6.07, 6.45) is 2.29. The van der Waals surface area contributed by atoms with E-state index in [-0.39, 0.29) is 0 Å². The van der Waals surface area contributed by atoms with Crippen LogP contribution in [0.3, 0.4) is 0 Å². The summed E-state index contributed by atoms with van der Waals surface area (Å²) >= 11 is 1.63. The number of aromatic nitrogens is 4. The van der Waals surface area contributed by atoms with Crippen molar-refractivity contribution >= 4 is 11.8 Å². The average molecular weight is 303 g/mol. The first-order chi connectivity index (χ1) is 9.88. The third kappa shape index (κ3) is 7.78. The molecular weight excluding hydrogens is 278 g/mol. The molecule has 0 unspecified atom stereocenters. The van der Waals surface area contributed by atoms with Gasteiger partial charge in [-0.3, -0.25) is 0 Å². The quantitative estimate of drug-likeness (QED) is 0.427. The highest BCUT2D eigenvalue weighted by Crippen LogP contribution is 2.12. The maximum Gasteiger partial charge on any atom is 0.209 e. The van der Waals surface area contributed by atoms with Gasteiger partial charge >= 0.3 is 0 Å². The molecule has 1 aromatic rings. The first-order valence-electron chi connectivity index (χ1n) is 7.04. The van der Waals surface area contributed by atoms with Crippen molar-refractivity contribution < 1.29 is 9.47 Å². The van der Waals surface area contributed by atoms with Crippen LogP contribution in [0.5, 0.6) is 0 Å². The van der Waals surface area contributed by atoms with Gasteiger partial charge in [-0.1, -0.05) is 25.1 Å². The molecule has 116 valence electrons. The van der Waals surface area contributed by atoms with E-state index in [4.69, 9.17) is 9.47 Å². The Morgan fingerprint density at radius 1 is 1.25 bits per heavy atom. The first-order valence-corrected chi connectivity index (χ1v) is 8.03. The van der Waals surface area contributed by atoms with Gasteiger partial charge in [0, 0.05) is 32.6 Å². The molecule has 0 bridgehead atoms. The highest BCUT2D eigenvalue weighted by molar-refractivity contribution is 7.99. The van der Waals surface area contributed by atoms with E-state index >= 15 is 0 Å². The Hall–Kier alpha value is -0.700. The Bertz CT molecular complexity index is 337. The smallest absolute Gasteiger partial charge is 0.209 e. The van der Waals surface area contributed by atoms with Crippen molar-refractivity contribution in [3.8, 4) is 0 Å². The van der Waals surface area contributed by atoms with Gasteiger partial charge in [0.15, 0.2) is 0 Å². The molecule has 0 aliphatic carbocycles. The topological polar surface area (TPSA) is 74.1 Å². The summed E-state index contributed by atoms with van der Waals surface area (Å²) in [5.41, 5.74) is 0. The van der Waals surface area contributed by atoms with Crippen LogP contribution in [-0.2, 0) is 16.0 Å².